The minimum absolute atomic E-state index is 0.0494. The van der Waals surface area contributed by atoms with Crippen LogP contribution in [0.1, 0.15) is 19.7 Å². The first kappa shape index (κ1) is 15.0. The molecule has 0 aliphatic heterocycles. The molecule has 0 aliphatic rings. The van der Waals surface area contributed by atoms with E-state index in [2.05, 4.69) is 10.3 Å². The van der Waals surface area contributed by atoms with Gasteiger partial charge in [0.15, 0.2) is 0 Å². The molecule has 21 heavy (non-hydrogen) atoms. The van der Waals surface area contributed by atoms with Gasteiger partial charge in [0, 0.05) is 5.92 Å². The number of amides is 1. The first-order valence-corrected chi connectivity index (χ1v) is 6.81. The van der Waals surface area contributed by atoms with Gasteiger partial charge in [0.25, 0.3) is 0 Å². The average Bonchev–Trinajstić information content (AvgIpc) is 2.82. The van der Waals surface area contributed by atoms with Crippen molar-refractivity contribution >= 4 is 22.9 Å². The summed E-state index contributed by atoms with van der Waals surface area (Å²) in [4.78, 5) is 27.7. The minimum atomic E-state index is -0.352. The van der Waals surface area contributed by atoms with Crippen molar-refractivity contribution < 1.29 is 14.3 Å². The van der Waals surface area contributed by atoms with Crippen molar-refractivity contribution in [2.24, 2.45) is 5.92 Å². The number of nitrogens with zero attached hydrogens (tertiary/aromatic N) is 2. The van der Waals surface area contributed by atoms with Crippen LogP contribution in [0.2, 0.25) is 0 Å². The van der Waals surface area contributed by atoms with E-state index < -0.39 is 0 Å². The fourth-order valence-electron chi connectivity index (χ4n) is 2.00. The number of methoxy groups -OCH3 is 1. The van der Waals surface area contributed by atoms with Crippen LogP contribution in [-0.2, 0) is 27.4 Å². The normalized spacial score (nSPS) is 10.9. The summed E-state index contributed by atoms with van der Waals surface area (Å²) in [7, 11) is 1.35. The summed E-state index contributed by atoms with van der Waals surface area (Å²) in [6.07, 6.45) is 0. The lowest BCUT2D eigenvalue weighted by Gasteiger charge is -2.10. The summed E-state index contributed by atoms with van der Waals surface area (Å²) in [5.74, 6) is 0.139. The molecule has 1 N–H and O–H groups in total. The van der Waals surface area contributed by atoms with Crippen molar-refractivity contribution in [3.05, 3.63) is 30.1 Å². The lowest BCUT2D eigenvalue weighted by molar-refractivity contribution is -0.141. The number of rotatable bonds is 5. The zero-order chi connectivity index (χ0) is 15.4. The molecule has 1 heterocycles. The van der Waals surface area contributed by atoms with Crippen molar-refractivity contribution in [3.8, 4) is 0 Å². The second kappa shape index (κ2) is 6.39. The number of aromatic nitrogens is 2. The molecule has 0 unspecified atom stereocenters. The third-order valence-electron chi connectivity index (χ3n) is 3.19. The molecule has 0 atom stereocenters. The molecule has 0 aliphatic carbocycles. The van der Waals surface area contributed by atoms with Gasteiger partial charge in [0.1, 0.15) is 12.4 Å². The SMILES string of the molecule is COC(=O)Cn1c(CNC(=O)C(C)C)nc2ccccc21. The van der Waals surface area contributed by atoms with E-state index in [-0.39, 0.29) is 30.9 Å². The Kier molecular flexibility index (Phi) is 4.57. The van der Waals surface area contributed by atoms with Crippen molar-refractivity contribution in [1.29, 1.82) is 0 Å². The molecule has 0 bridgehead atoms. The molecule has 1 aromatic heterocycles. The summed E-state index contributed by atoms with van der Waals surface area (Å²) < 4.78 is 6.48. The van der Waals surface area contributed by atoms with E-state index in [1.54, 1.807) is 4.57 Å². The highest BCUT2D eigenvalue weighted by atomic mass is 16.5. The number of carbonyl (C=O) groups excluding carboxylic acids is 2. The van der Waals surface area contributed by atoms with E-state index in [0.717, 1.165) is 11.0 Å². The minimum Gasteiger partial charge on any atom is -0.468 e. The number of benzene rings is 1. The molecule has 0 fully saturated rings. The van der Waals surface area contributed by atoms with Crippen LogP contribution in [0.25, 0.3) is 11.0 Å². The van der Waals surface area contributed by atoms with Crippen molar-refractivity contribution in [3.63, 3.8) is 0 Å². The number of esters is 1. The number of hydrogen-bond acceptors (Lipinski definition) is 4. The molecule has 0 radical (unpaired) electrons. The number of hydrogen-bond donors (Lipinski definition) is 1. The molecule has 112 valence electrons. The molecule has 6 nitrogen and oxygen atoms in total. The van der Waals surface area contributed by atoms with Gasteiger partial charge in [-0.2, -0.15) is 0 Å². The monoisotopic (exact) mass is 289 g/mol. The Morgan fingerprint density at radius 1 is 1.33 bits per heavy atom. The first-order valence-electron chi connectivity index (χ1n) is 6.81. The van der Waals surface area contributed by atoms with Crippen LogP contribution in [0.5, 0.6) is 0 Å². The van der Waals surface area contributed by atoms with Crippen LogP contribution in [0.3, 0.4) is 0 Å². The van der Waals surface area contributed by atoms with Gasteiger partial charge < -0.3 is 14.6 Å². The fourth-order valence-corrected chi connectivity index (χ4v) is 2.00. The Balaban J connectivity index is 2.30. The molecule has 0 spiro atoms. The largest absolute Gasteiger partial charge is 0.468 e. The number of carbonyl (C=O) groups is 2. The number of ether oxygens (including phenoxy) is 1. The molecule has 1 aromatic carbocycles. The van der Waals surface area contributed by atoms with Crippen LogP contribution < -0.4 is 5.32 Å². The summed E-state index contributed by atoms with van der Waals surface area (Å²) in [6.45, 7) is 4.01. The Hall–Kier alpha value is -2.37. The van der Waals surface area contributed by atoms with Crippen molar-refractivity contribution in [2.75, 3.05) is 7.11 Å². The first-order chi connectivity index (χ1) is 10.0. The molecule has 1 amide bonds. The maximum absolute atomic E-state index is 11.7. The van der Waals surface area contributed by atoms with Crippen molar-refractivity contribution in [1.82, 2.24) is 14.9 Å². The van der Waals surface area contributed by atoms with E-state index in [1.807, 2.05) is 38.1 Å². The second-order valence-electron chi connectivity index (χ2n) is 5.05. The zero-order valence-corrected chi connectivity index (χ0v) is 12.4. The summed E-state index contributed by atoms with van der Waals surface area (Å²) in [5, 5.41) is 2.82. The standard InChI is InChI=1S/C15H19N3O3/c1-10(2)15(20)16-8-13-17-11-6-4-5-7-12(11)18(13)9-14(19)21-3/h4-7,10H,8-9H2,1-3H3,(H,16,20). The molecule has 6 heteroatoms. The third-order valence-corrected chi connectivity index (χ3v) is 3.19. The summed E-state index contributed by atoms with van der Waals surface area (Å²) >= 11 is 0. The smallest absolute Gasteiger partial charge is 0.325 e. The highest BCUT2D eigenvalue weighted by molar-refractivity contribution is 5.80. The van der Waals surface area contributed by atoms with Crippen LogP contribution in [0.15, 0.2) is 24.3 Å². The number of imidazole rings is 1. The predicted octanol–water partition coefficient (Wildman–Crippen LogP) is 1.48. The Labute approximate surface area is 123 Å². The number of para-hydroxylation sites is 2. The number of fused-ring (bicyclic) bond motifs is 1. The maximum atomic E-state index is 11.7. The number of nitrogens with one attached hydrogen (secondary N) is 1. The van der Waals surface area contributed by atoms with Gasteiger partial charge in [-0.1, -0.05) is 26.0 Å². The molecule has 0 saturated carbocycles. The maximum Gasteiger partial charge on any atom is 0.325 e. The van der Waals surface area contributed by atoms with Crippen LogP contribution in [0.4, 0.5) is 0 Å². The van der Waals surface area contributed by atoms with E-state index in [9.17, 15) is 9.59 Å². The van der Waals surface area contributed by atoms with Crippen molar-refractivity contribution in [2.45, 2.75) is 26.9 Å². The second-order valence-corrected chi connectivity index (χ2v) is 5.05. The molecule has 2 rings (SSSR count). The highest BCUT2D eigenvalue weighted by Crippen LogP contribution is 2.16. The Morgan fingerprint density at radius 3 is 2.71 bits per heavy atom. The van der Waals surface area contributed by atoms with Gasteiger partial charge in [0.2, 0.25) is 5.91 Å². The average molecular weight is 289 g/mol. The fraction of sp³-hybridized carbons (Fsp3) is 0.400. The lowest BCUT2D eigenvalue weighted by atomic mass is 10.2. The van der Waals surface area contributed by atoms with E-state index >= 15 is 0 Å². The summed E-state index contributed by atoms with van der Waals surface area (Å²) in [5.41, 5.74) is 1.63. The van der Waals surface area contributed by atoms with Crippen LogP contribution in [-0.4, -0.2) is 28.5 Å². The predicted molar refractivity (Wildman–Crippen MR) is 78.4 cm³/mol. The zero-order valence-electron chi connectivity index (χ0n) is 12.4. The topological polar surface area (TPSA) is 73.2 Å². The quantitative estimate of drug-likeness (QED) is 0.846. The van der Waals surface area contributed by atoms with Gasteiger partial charge in [-0.3, -0.25) is 9.59 Å². The van der Waals surface area contributed by atoms with Gasteiger partial charge in [0.05, 0.1) is 24.7 Å². The summed E-state index contributed by atoms with van der Waals surface area (Å²) in [6, 6.07) is 7.53. The van der Waals surface area contributed by atoms with Crippen LogP contribution >= 0.6 is 0 Å². The highest BCUT2D eigenvalue weighted by Gasteiger charge is 2.15. The Bertz CT molecular complexity index is 661. The Morgan fingerprint density at radius 2 is 2.05 bits per heavy atom. The van der Waals surface area contributed by atoms with Gasteiger partial charge in [-0.15, -0.1) is 0 Å². The van der Waals surface area contributed by atoms with Gasteiger partial charge >= 0.3 is 5.97 Å². The van der Waals surface area contributed by atoms with E-state index in [4.69, 9.17) is 4.74 Å². The third kappa shape index (κ3) is 3.39. The van der Waals surface area contributed by atoms with E-state index in [0.29, 0.717) is 5.82 Å². The van der Waals surface area contributed by atoms with E-state index in [1.165, 1.54) is 7.11 Å². The molecule has 2 aromatic rings. The molecular weight excluding hydrogens is 270 g/mol. The lowest BCUT2D eigenvalue weighted by Crippen LogP contribution is -2.29. The van der Waals surface area contributed by atoms with Gasteiger partial charge in [-0.25, -0.2) is 4.98 Å². The van der Waals surface area contributed by atoms with Crippen LogP contribution in [0, 0.1) is 5.92 Å². The van der Waals surface area contributed by atoms with Gasteiger partial charge in [-0.05, 0) is 12.1 Å². The molecule has 0 saturated heterocycles. The molecular formula is C15H19N3O3.